The summed E-state index contributed by atoms with van der Waals surface area (Å²) in [6.45, 7) is 4.21. The topological polar surface area (TPSA) is 66.5 Å². The predicted molar refractivity (Wildman–Crippen MR) is 108 cm³/mol. The third kappa shape index (κ3) is 5.07. The number of amides is 1. The van der Waals surface area contributed by atoms with Crippen LogP contribution in [0.5, 0.6) is 0 Å². The summed E-state index contributed by atoms with van der Waals surface area (Å²) in [5.41, 5.74) is 1.25. The highest BCUT2D eigenvalue weighted by atomic mass is 79.9. The van der Waals surface area contributed by atoms with Crippen LogP contribution < -0.4 is 5.32 Å². The van der Waals surface area contributed by atoms with Crippen LogP contribution in [0.1, 0.15) is 19.4 Å². The summed E-state index contributed by atoms with van der Waals surface area (Å²) in [7, 11) is -3.71. The molecule has 8 heteroatoms. The van der Waals surface area contributed by atoms with Gasteiger partial charge in [-0.1, -0.05) is 53.5 Å². The van der Waals surface area contributed by atoms with Crippen molar-refractivity contribution >= 4 is 49.1 Å². The van der Waals surface area contributed by atoms with E-state index in [0.29, 0.717) is 18.8 Å². The van der Waals surface area contributed by atoms with Crippen LogP contribution in [0, 0.1) is 0 Å². The Hall–Kier alpha value is -1.41. The lowest BCUT2D eigenvalue weighted by Gasteiger charge is -2.19. The first kappa shape index (κ1) is 20.9. The Morgan fingerprint density at radius 3 is 2.31 bits per heavy atom. The Kier molecular flexibility index (Phi) is 7.23. The molecule has 26 heavy (non-hydrogen) atoms. The molecule has 0 saturated carbocycles. The lowest BCUT2D eigenvalue weighted by Crippen LogP contribution is -2.30. The number of halogens is 2. The molecule has 0 spiro atoms. The van der Waals surface area contributed by atoms with Gasteiger partial charge in [0.2, 0.25) is 15.9 Å². The fraction of sp³-hybridized carbons (Fsp3) is 0.278. The average molecular weight is 460 g/mol. The molecule has 2 aromatic carbocycles. The maximum Gasteiger partial charge on any atom is 0.244 e. The van der Waals surface area contributed by atoms with Crippen molar-refractivity contribution in [3.8, 4) is 0 Å². The largest absolute Gasteiger partial charge is 0.326 e. The number of benzene rings is 2. The maximum absolute atomic E-state index is 12.7. The van der Waals surface area contributed by atoms with Crippen LogP contribution in [0.2, 0.25) is 5.02 Å². The number of sulfonamides is 1. The number of rotatable bonds is 7. The fourth-order valence-corrected chi connectivity index (χ4v) is 4.70. The Labute approximate surface area is 167 Å². The van der Waals surface area contributed by atoms with E-state index < -0.39 is 10.0 Å². The quantitative estimate of drug-likeness (QED) is 0.671. The van der Waals surface area contributed by atoms with E-state index in [-0.39, 0.29) is 22.2 Å². The molecule has 2 aromatic rings. The number of hydrogen-bond acceptors (Lipinski definition) is 3. The summed E-state index contributed by atoms with van der Waals surface area (Å²) in [4.78, 5) is 12.2. The first-order chi connectivity index (χ1) is 12.3. The SMILES string of the molecule is CCN(CC)S(=O)(=O)c1cc(NC(=O)Cc2ccc(Br)cc2)ccc1Cl. The number of hydrogen-bond donors (Lipinski definition) is 1. The van der Waals surface area contributed by atoms with Crippen molar-refractivity contribution in [1.29, 1.82) is 0 Å². The Balaban J connectivity index is 2.21. The van der Waals surface area contributed by atoms with Gasteiger partial charge in [0.1, 0.15) is 4.90 Å². The molecule has 0 saturated heterocycles. The van der Waals surface area contributed by atoms with Crippen LogP contribution in [0.3, 0.4) is 0 Å². The molecule has 1 amide bonds. The van der Waals surface area contributed by atoms with Crippen LogP contribution in [-0.4, -0.2) is 31.7 Å². The fourth-order valence-electron chi connectivity index (χ4n) is 2.47. The highest BCUT2D eigenvalue weighted by Gasteiger charge is 2.24. The molecule has 0 aliphatic rings. The molecule has 1 N–H and O–H groups in total. The van der Waals surface area contributed by atoms with Gasteiger partial charge in [-0.05, 0) is 35.9 Å². The molecule has 2 rings (SSSR count). The summed E-state index contributed by atoms with van der Waals surface area (Å²) in [5.74, 6) is -0.235. The smallest absolute Gasteiger partial charge is 0.244 e. The summed E-state index contributed by atoms with van der Waals surface area (Å²) in [5, 5.41) is 2.86. The van der Waals surface area contributed by atoms with Gasteiger partial charge >= 0.3 is 0 Å². The highest BCUT2D eigenvalue weighted by molar-refractivity contribution is 9.10. The molecule has 0 aromatic heterocycles. The van der Waals surface area contributed by atoms with Crippen LogP contribution >= 0.6 is 27.5 Å². The van der Waals surface area contributed by atoms with E-state index in [9.17, 15) is 13.2 Å². The van der Waals surface area contributed by atoms with Crippen LogP contribution in [0.15, 0.2) is 51.8 Å². The second kappa shape index (κ2) is 8.99. The Bertz CT molecular complexity index is 882. The third-order valence-electron chi connectivity index (χ3n) is 3.82. The molecule has 0 heterocycles. The molecule has 0 aliphatic carbocycles. The molecule has 0 atom stereocenters. The van der Waals surface area contributed by atoms with E-state index in [1.807, 2.05) is 24.3 Å². The zero-order valence-corrected chi connectivity index (χ0v) is 17.7. The van der Waals surface area contributed by atoms with Gasteiger partial charge < -0.3 is 5.32 Å². The van der Waals surface area contributed by atoms with E-state index in [4.69, 9.17) is 11.6 Å². The number of anilines is 1. The molecule has 0 fully saturated rings. The van der Waals surface area contributed by atoms with Crippen LogP contribution in [-0.2, 0) is 21.2 Å². The minimum absolute atomic E-state index is 0.00990. The summed E-state index contributed by atoms with van der Waals surface area (Å²) >= 11 is 9.45. The number of nitrogens with one attached hydrogen (secondary N) is 1. The van der Waals surface area contributed by atoms with Gasteiger partial charge in [0.05, 0.1) is 11.4 Å². The average Bonchev–Trinajstić information content (AvgIpc) is 2.59. The monoisotopic (exact) mass is 458 g/mol. The van der Waals surface area contributed by atoms with Gasteiger partial charge in [0.25, 0.3) is 0 Å². The summed E-state index contributed by atoms with van der Waals surface area (Å²) in [6.07, 6.45) is 0.189. The maximum atomic E-state index is 12.7. The van der Waals surface area contributed by atoms with Gasteiger partial charge in [-0.25, -0.2) is 8.42 Å². The normalized spacial score (nSPS) is 11.6. The summed E-state index contributed by atoms with van der Waals surface area (Å²) in [6, 6.07) is 11.9. The molecule has 5 nitrogen and oxygen atoms in total. The van der Waals surface area contributed by atoms with Crippen LogP contribution in [0.25, 0.3) is 0 Å². The van der Waals surface area contributed by atoms with Crippen molar-refractivity contribution in [2.45, 2.75) is 25.2 Å². The zero-order valence-electron chi connectivity index (χ0n) is 14.5. The minimum Gasteiger partial charge on any atom is -0.326 e. The lowest BCUT2D eigenvalue weighted by molar-refractivity contribution is -0.115. The van der Waals surface area contributed by atoms with Gasteiger partial charge in [0, 0.05) is 23.2 Å². The number of carbonyl (C=O) groups excluding carboxylic acids is 1. The van der Waals surface area contributed by atoms with Crippen molar-refractivity contribution < 1.29 is 13.2 Å². The molecule has 0 bridgehead atoms. The predicted octanol–water partition coefficient (Wildman–Crippen LogP) is 4.31. The van der Waals surface area contributed by atoms with Crippen molar-refractivity contribution in [3.63, 3.8) is 0 Å². The standard InChI is InChI=1S/C18H20BrClN2O3S/c1-3-22(4-2)26(24,25)17-12-15(9-10-16(17)20)21-18(23)11-13-5-7-14(19)8-6-13/h5-10,12H,3-4,11H2,1-2H3,(H,21,23). The van der Waals surface area contributed by atoms with Crippen LogP contribution in [0.4, 0.5) is 5.69 Å². The lowest BCUT2D eigenvalue weighted by atomic mass is 10.1. The number of carbonyl (C=O) groups is 1. The summed E-state index contributed by atoms with van der Waals surface area (Å²) < 4.78 is 27.7. The van der Waals surface area contributed by atoms with Gasteiger partial charge in [-0.3, -0.25) is 4.79 Å². The Morgan fingerprint density at radius 2 is 1.73 bits per heavy atom. The van der Waals surface area contributed by atoms with Crippen molar-refractivity contribution in [2.75, 3.05) is 18.4 Å². The third-order valence-corrected chi connectivity index (χ3v) is 6.88. The van der Waals surface area contributed by atoms with Crippen molar-refractivity contribution in [2.24, 2.45) is 0 Å². The van der Waals surface area contributed by atoms with E-state index in [0.717, 1.165) is 10.0 Å². The molecule has 140 valence electrons. The molecule has 0 unspecified atom stereocenters. The van der Waals surface area contributed by atoms with E-state index in [1.54, 1.807) is 19.9 Å². The molecular formula is C18H20BrClN2O3S. The first-order valence-electron chi connectivity index (χ1n) is 8.12. The highest BCUT2D eigenvalue weighted by Crippen LogP contribution is 2.28. The molecule has 0 radical (unpaired) electrons. The number of nitrogens with zero attached hydrogens (tertiary/aromatic N) is 1. The Morgan fingerprint density at radius 1 is 1.12 bits per heavy atom. The molecule has 0 aliphatic heterocycles. The van der Waals surface area contributed by atoms with E-state index in [1.165, 1.54) is 16.4 Å². The zero-order chi connectivity index (χ0) is 19.3. The second-order valence-electron chi connectivity index (χ2n) is 5.59. The minimum atomic E-state index is -3.71. The van der Waals surface area contributed by atoms with E-state index >= 15 is 0 Å². The van der Waals surface area contributed by atoms with Gasteiger partial charge in [-0.15, -0.1) is 0 Å². The van der Waals surface area contributed by atoms with Crippen molar-refractivity contribution in [3.05, 3.63) is 57.5 Å². The van der Waals surface area contributed by atoms with Crippen molar-refractivity contribution in [1.82, 2.24) is 4.31 Å². The first-order valence-corrected chi connectivity index (χ1v) is 10.7. The van der Waals surface area contributed by atoms with E-state index in [2.05, 4.69) is 21.2 Å². The van der Waals surface area contributed by atoms with Gasteiger partial charge in [0.15, 0.2) is 0 Å². The second-order valence-corrected chi connectivity index (χ2v) is 8.82. The van der Waals surface area contributed by atoms with Gasteiger partial charge in [-0.2, -0.15) is 4.31 Å². The molecular weight excluding hydrogens is 440 g/mol.